The highest BCUT2D eigenvalue weighted by Crippen LogP contribution is 2.62. The Morgan fingerprint density at radius 3 is 2.85 bits per heavy atom. The number of benzene rings is 1. The first kappa shape index (κ1) is 21.5. The van der Waals surface area contributed by atoms with Gasteiger partial charge in [-0.25, -0.2) is 9.59 Å². The number of likely N-dealkylation sites (N-methyl/N-ethyl adjacent to an activating group) is 1. The van der Waals surface area contributed by atoms with Gasteiger partial charge in [-0.3, -0.25) is 0 Å². The molecule has 2 bridgehead atoms. The molecule has 12 nitrogen and oxygen atoms in total. The highest BCUT2D eigenvalue weighted by molar-refractivity contribution is 5.84. The molecule has 2 unspecified atom stereocenters. The Morgan fingerprint density at radius 1 is 1.33 bits per heavy atom. The van der Waals surface area contributed by atoms with Gasteiger partial charge in [0.15, 0.2) is 29.8 Å². The number of rotatable bonds is 6. The summed E-state index contributed by atoms with van der Waals surface area (Å²) in [7, 11) is 2.07. The van der Waals surface area contributed by atoms with Crippen molar-refractivity contribution in [2.75, 3.05) is 13.6 Å². The summed E-state index contributed by atoms with van der Waals surface area (Å²) in [6.45, 7) is 0.774. The maximum absolute atomic E-state index is 12.4. The molecule has 7 atom stereocenters. The van der Waals surface area contributed by atoms with Crippen molar-refractivity contribution in [2.45, 2.75) is 48.7 Å². The lowest BCUT2D eigenvalue weighted by molar-refractivity contribution is -0.177. The standard InChI is InChI=1S/C21H22N4O8/c1-25-7-6-21-10-3-5-13(31-20(30)16(27)15(26)19(28)29)18(21)32-17-12(33-24-23-22)4-2-9(14(17)21)8-11(10)25/h2-5,10-11,13,15-16,18,26-27H,6-8H2,1H3,(H,28,29)/t10-,11+,13-,15?,16?,18-,21-/m0/s1. The van der Waals surface area contributed by atoms with Crippen LogP contribution in [-0.2, 0) is 26.2 Å². The minimum absolute atomic E-state index is 0.0502. The summed E-state index contributed by atoms with van der Waals surface area (Å²) in [5, 5.41) is 31.5. The van der Waals surface area contributed by atoms with Crippen molar-refractivity contribution >= 4 is 11.9 Å². The zero-order valence-electron chi connectivity index (χ0n) is 17.6. The van der Waals surface area contributed by atoms with Crippen molar-refractivity contribution in [3.63, 3.8) is 0 Å². The number of esters is 1. The third-order valence-electron chi connectivity index (χ3n) is 7.34. The fraction of sp³-hybridized carbons (Fsp3) is 0.524. The van der Waals surface area contributed by atoms with E-state index in [1.807, 2.05) is 12.1 Å². The van der Waals surface area contributed by atoms with Crippen LogP contribution < -0.4 is 9.57 Å². The largest absolute Gasteiger partial charge is 0.481 e. The molecule has 33 heavy (non-hydrogen) atoms. The van der Waals surface area contributed by atoms with E-state index in [1.54, 1.807) is 12.1 Å². The van der Waals surface area contributed by atoms with Crippen LogP contribution in [0.1, 0.15) is 17.5 Å². The Balaban J connectivity index is 1.56. The molecule has 12 heteroatoms. The SMILES string of the molecule is CN1CC[C@]23c4c5ccc(ON=[N+]=[N-])c4O[C@H]2[C@@H](OC(=O)C(O)C(O)C(=O)O)C=C[C@H]3[C@H]1C5. The van der Waals surface area contributed by atoms with Crippen LogP contribution >= 0.6 is 0 Å². The number of aliphatic carboxylic acids is 1. The molecule has 0 radical (unpaired) electrons. The number of carbonyl (C=O) groups is 2. The predicted molar refractivity (Wildman–Crippen MR) is 109 cm³/mol. The van der Waals surface area contributed by atoms with E-state index in [-0.39, 0.29) is 17.7 Å². The van der Waals surface area contributed by atoms with Gasteiger partial charge in [-0.1, -0.05) is 12.1 Å². The van der Waals surface area contributed by atoms with Gasteiger partial charge in [0.2, 0.25) is 0 Å². The summed E-state index contributed by atoms with van der Waals surface area (Å²) in [5.41, 5.74) is 10.1. The van der Waals surface area contributed by atoms with Gasteiger partial charge in [-0.15, -0.1) is 0 Å². The van der Waals surface area contributed by atoms with Crippen molar-refractivity contribution < 1.29 is 39.2 Å². The lowest BCUT2D eigenvalue weighted by Crippen LogP contribution is -2.65. The number of hydrogen-bond acceptors (Lipinski definition) is 9. The minimum atomic E-state index is -2.31. The van der Waals surface area contributed by atoms with Gasteiger partial charge in [0, 0.05) is 27.8 Å². The summed E-state index contributed by atoms with van der Waals surface area (Å²) in [6, 6.07) is 3.79. The second-order valence-electron chi connectivity index (χ2n) is 8.81. The van der Waals surface area contributed by atoms with Crippen molar-refractivity contribution in [2.24, 2.45) is 11.2 Å². The van der Waals surface area contributed by atoms with E-state index >= 15 is 0 Å². The van der Waals surface area contributed by atoms with Crippen molar-refractivity contribution in [3.8, 4) is 11.5 Å². The lowest BCUT2D eigenvalue weighted by Gasteiger charge is -2.56. The molecule has 2 heterocycles. The monoisotopic (exact) mass is 458 g/mol. The molecular weight excluding hydrogens is 436 g/mol. The fourth-order valence-electron chi connectivity index (χ4n) is 5.91. The number of nitrogens with zero attached hydrogens (tertiary/aromatic N) is 4. The maximum Gasteiger partial charge on any atom is 0.339 e. The number of ether oxygens (including phenoxy) is 2. The average molecular weight is 458 g/mol. The summed E-state index contributed by atoms with van der Waals surface area (Å²) >= 11 is 0. The van der Waals surface area contributed by atoms with E-state index in [0.717, 1.165) is 24.1 Å². The van der Waals surface area contributed by atoms with Crippen molar-refractivity contribution in [3.05, 3.63) is 45.9 Å². The van der Waals surface area contributed by atoms with Crippen LogP contribution in [0.3, 0.4) is 0 Å². The van der Waals surface area contributed by atoms with Crippen molar-refractivity contribution in [1.82, 2.24) is 4.90 Å². The topological polar surface area (TPSA) is 175 Å². The van der Waals surface area contributed by atoms with Crippen LogP contribution in [0.5, 0.6) is 11.5 Å². The van der Waals surface area contributed by atoms with Crippen LogP contribution in [-0.4, -0.2) is 76.2 Å². The molecule has 2 aliphatic heterocycles. The number of piperidine rings is 1. The molecule has 5 rings (SSSR count). The van der Waals surface area contributed by atoms with Crippen LogP contribution in [0.15, 0.2) is 29.6 Å². The lowest BCUT2D eigenvalue weighted by atomic mass is 9.53. The quantitative estimate of drug-likeness (QED) is 0.136. The number of carboxylic acid groups (broad SMARTS) is 1. The summed E-state index contributed by atoms with van der Waals surface area (Å²) in [5.74, 6) is -2.28. The van der Waals surface area contributed by atoms with Crippen LogP contribution in [0.4, 0.5) is 0 Å². The molecule has 0 aromatic heterocycles. The highest BCUT2D eigenvalue weighted by Gasteiger charge is 2.65. The van der Waals surface area contributed by atoms with E-state index in [9.17, 15) is 19.8 Å². The van der Waals surface area contributed by atoms with E-state index in [1.165, 1.54) is 0 Å². The predicted octanol–water partition coefficient (Wildman–Crippen LogP) is 0.454. The summed E-state index contributed by atoms with van der Waals surface area (Å²) in [4.78, 5) is 33.5. The number of aliphatic hydroxyl groups is 2. The van der Waals surface area contributed by atoms with Crippen LogP contribution in [0.25, 0.3) is 10.4 Å². The first-order valence-corrected chi connectivity index (χ1v) is 10.5. The van der Waals surface area contributed by atoms with Crippen LogP contribution in [0, 0.1) is 5.92 Å². The van der Waals surface area contributed by atoms with Crippen molar-refractivity contribution in [1.29, 1.82) is 0 Å². The van der Waals surface area contributed by atoms with Gasteiger partial charge < -0.3 is 34.5 Å². The average Bonchev–Trinajstić information content (AvgIpc) is 3.15. The second kappa shape index (κ2) is 7.63. The number of hydrogen-bond donors (Lipinski definition) is 3. The zero-order chi connectivity index (χ0) is 23.5. The summed E-state index contributed by atoms with van der Waals surface area (Å²) < 4.78 is 11.8. The Kier molecular flexibility index (Phi) is 4.98. The third kappa shape index (κ3) is 2.99. The molecule has 174 valence electrons. The number of carboxylic acids is 1. The third-order valence-corrected chi connectivity index (χ3v) is 7.34. The molecule has 4 aliphatic rings. The van der Waals surface area contributed by atoms with Gasteiger partial charge in [-0.05, 0) is 49.7 Å². The number of aliphatic hydroxyl groups excluding tert-OH is 2. The molecule has 3 N–H and O–H groups in total. The Morgan fingerprint density at radius 2 is 2.12 bits per heavy atom. The number of azide groups is 1. The van der Waals surface area contributed by atoms with E-state index in [2.05, 4.69) is 22.1 Å². The van der Waals surface area contributed by atoms with Gasteiger partial charge in [0.25, 0.3) is 0 Å². The molecule has 0 saturated carbocycles. The molecule has 1 aromatic rings. The highest BCUT2D eigenvalue weighted by atomic mass is 16.7. The normalized spacial score (nSPS) is 32.6. The second-order valence-corrected chi connectivity index (χ2v) is 8.81. The Hall–Kier alpha value is -3.31. The minimum Gasteiger partial charge on any atom is -0.481 e. The summed E-state index contributed by atoms with van der Waals surface area (Å²) in [6.07, 6.45) is -1.04. The number of likely N-dealkylation sites (tertiary alicyclic amines) is 1. The zero-order valence-corrected chi connectivity index (χ0v) is 17.6. The smallest absolute Gasteiger partial charge is 0.339 e. The first-order valence-electron chi connectivity index (χ1n) is 10.5. The maximum atomic E-state index is 12.4. The number of carbonyl (C=O) groups excluding carboxylic acids is 1. The molecule has 1 aromatic carbocycles. The van der Waals surface area contributed by atoms with E-state index in [0.29, 0.717) is 12.2 Å². The van der Waals surface area contributed by atoms with Gasteiger partial charge in [-0.2, -0.15) is 0 Å². The van der Waals surface area contributed by atoms with Gasteiger partial charge in [0.05, 0.1) is 0 Å². The van der Waals surface area contributed by atoms with Gasteiger partial charge >= 0.3 is 11.9 Å². The fourth-order valence-corrected chi connectivity index (χ4v) is 5.91. The molecule has 1 fully saturated rings. The van der Waals surface area contributed by atoms with Gasteiger partial charge in [0.1, 0.15) is 11.4 Å². The Bertz CT molecular complexity index is 1100. The first-order chi connectivity index (χ1) is 15.8. The van der Waals surface area contributed by atoms with E-state index < -0.39 is 41.8 Å². The molecule has 2 aliphatic carbocycles. The molecule has 1 saturated heterocycles. The molecule has 1 spiro atoms. The van der Waals surface area contributed by atoms with Crippen LogP contribution in [0.2, 0.25) is 0 Å². The molecular formula is C21H22N4O8. The molecule has 0 amide bonds. The van der Waals surface area contributed by atoms with E-state index in [4.69, 9.17) is 24.9 Å². The Labute approximate surface area is 187 Å².